The number of carbonyl (C=O) groups is 2. The molecule has 0 aliphatic rings. The fourth-order valence-electron chi connectivity index (χ4n) is 6.34. The van der Waals surface area contributed by atoms with Gasteiger partial charge in [0.15, 0.2) is 0 Å². The third-order valence-electron chi connectivity index (χ3n) is 8.72. The lowest BCUT2D eigenvalue weighted by molar-refractivity contribution is -0.139. The largest absolute Gasteiger partial charge is 0.480 e. The first-order chi connectivity index (χ1) is 23.3. The smallest absolute Gasteiger partial charge is 0.321 e. The number of hydrogen-bond acceptors (Lipinski definition) is 5. The maximum absolute atomic E-state index is 13.6. The van der Waals surface area contributed by atoms with Crippen molar-refractivity contribution in [2.75, 3.05) is 6.54 Å². The molecule has 1 aromatic heterocycles. The van der Waals surface area contributed by atoms with Crippen LogP contribution in [-0.4, -0.2) is 38.0 Å². The van der Waals surface area contributed by atoms with Crippen molar-refractivity contribution in [3.05, 3.63) is 150 Å². The molecular formula is C39H36N2O6S. The number of aliphatic carboxylic acids is 1. The molecule has 244 valence electrons. The number of rotatable bonds is 14. The van der Waals surface area contributed by atoms with Gasteiger partial charge in [0, 0.05) is 23.7 Å². The molecule has 1 unspecified atom stereocenters. The van der Waals surface area contributed by atoms with Crippen molar-refractivity contribution >= 4 is 43.8 Å². The van der Waals surface area contributed by atoms with Gasteiger partial charge in [-0.3, -0.25) is 9.59 Å². The van der Waals surface area contributed by atoms with Crippen LogP contribution in [0.4, 0.5) is 0 Å². The SMILES string of the molecule is O=C(CC(c1ccccc1)(c1ccccc1)c1ccccc1)NCCCCC(NS(=O)(=O)c1ccc2oc3ccccc3c2c1)C(=O)O. The zero-order valence-electron chi connectivity index (χ0n) is 26.2. The molecule has 0 bridgehead atoms. The first kappa shape index (κ1) is 32.7. The number of carboxylic acids is 1. The minimum atomic E-state index is -4.14. The van der Waals surface area contributed by atoms with Crippen LogP contribution in [0.25, 0.3) is 21.9 Å². The molecule has 9 heteroatoms. The Balaban J connectivity index is 1.10. The number of sulfonamides is 1. The van der Waals surface area contributed by atoms with Crippen LogP contribution in [0.1, 0.15) is 42.4 Å². The van der Waals surface area contributed by atoms with E-state index in [1.807, 2.05) is 109 Å². The summed E-state index contributed by atoms with van der Waals surface area (Å²) in [6.45, 7) is 0.316. The van der Waals surface area contributed by atoms with Crippen molar-refractivity contribution in [3.8, 4) is 0 Å². The van der Waals surface area contributed by atoms with Crippen molar-refractivity contribution in [1.29, 1.82) is 0 Å². The molecule has 1 heterocycles. The van der Waals surface area contributed by atoms with Gasteiger partial charge in [-0.05, 0) is 60.2 Å². The number of unbranched alkanes of at least 4 members (excludes halogenated alkanes) is 1. The van der Waals surface area contributed by atoms with E-state index >= 15 is 0 Å². The van der Waals surface area contributed by atoms with Crippen molar-refractivity contribution in [2.45, 2.75) is 42.0 Å². The molecular weight excluding hydrogens is 625 g/mol. The second-order valence-corrected chi connectivity index (χ2v) is 13.5. The molecule has 1 amide bonds. The van der Waals surface area contributed by atoms with Crippen LogP contribution in [0.5, 0.6) is 0 Å². The van der Waals surface area contributed by atoms with Crippen LogP contribution in [0.15, 0.2) is 143 Å². The number of amides is 1. The summed E-state index contributed by atoms with van der Waals surface area (Å²) in [6.07, 6.45) is 1.08. The predicted molar refractivity (Wildman–Crippen MR) is 186 cm³/mol. The maximum Gasteiger partial charge on any atom is 0.321 e. The van der Waals surface area contributed by atoms with Gasteiger partial charge in [0.1, 0.15) is 17.2 Å². The topological polar surface area (TPSA) is 126 Å². The Labute approximate surface area is 279 Å². The van der Waals surface area contributed by atoms with Crippen LogP contribution < -0.4 is 10.0 Å². The van der Waals surface area contributed by atoms with E-state index in [4.69, 9.17) is 4.42 Å². The molecule has 0 aliphatic heterocycles. The molecule has 0 fully saturated rings. The first-order valence-electron chi connectivity index (χ1n) is 15.9. The highest BCUT2D eigenvalue weighted by molar-refractivity contribution is 7.89. The number of furan rings is 1. The fraction of sp³-hybridized carbons (Fsp3) is 0.179. The van der Waals surface area contributed by atoms with Crippen LogP contribution in [0.2, 0.25) is 0 Å². The lowest BCUT2D eigenvalue weighted by Gasteiger charge is -2.35. The molecule has 5 aromatic carbocycles. The average molecular weight is 661 g/mol. The Morgan fingerprint density at radius 1 is 0.688 bits per heavy atom. The van der Waals surface area contributed by atoms with E-state index in [1.165, 1.54) is 12.1 Å². The van der Waals surface area contributed by atoms with E-state index < -0.39 is 27.4 Å². The molecule has 48 heavy (non-hydrogen) atoms. The highest BCUT2D eigenvalue weighted by Crippen LogP contribution is 2.42. The molecule has 0 spiro atoms. The van der Waals surface area contributed by atoms with Gasteiger partial charge in [-0.1, -0.05) is 109 Å². The maximum atomic E-state index is 13.6. The lowest BCUT2D eigenvalue weighted by atomic mass is 9.67. The van der Waals surface area contributed by atoms with Gasteiger partial charge in [-0.2, -0.15) is 4.72 Å². The van der Waals surface area contributed by atoms with Crippen LogP contribution >= 0.6 is 0 Å². The minimum absolute atomic E-state index is 0.0428. The summed E-state index contributed by atoms with van der Waals surface area (Å²) >= 11 is 0. The first-order valence-corrected chi connectivity index (χ1v) is 17.4. The quantitative estimate of drug-likeness (QED) is 0.0851. The van der Waals surface area contributed by atoms with E-state index in [1.54, 1.807) is 12.1 Å². The zero-order valence-corrected chi connectivity index (χ0v) is 27.0. The molecule has 6 aromatic rings. The number of fused-ring (bicyclic) bond motifs is 3. The van der Waals surface area contributed by atoms with Gasteiger partial charge in [0.2, 0.25) is 15.9 Å². The number of para-hydroxylation sites is 1. The molecule has 0 saturated carbocycles. The third-order valence-corrected chi connectivity index (χ3v) is 10.2. The monoisotopic (exact) mass is 660 g/mol. The van der Waals surface area contributed by atoms with E-state index in [-0.39, 0.29) is 23.6 Å². The number of nitrogens with one attached hydrogen (secondary N) is 2. The number of benzene rings is 5. The Bertz CT molecular complexity index is 2030. The van der Waals surface area contributed by atoms with E-state index in [0.29, 0.717) is 35.9 Å². The summed E-state index contributed by atoms with van der Waals surface area (Å²) in [7, 11) is -4.14. The average Bonchev–Trinajstić information content (AvgIpc) is 3.49. The summed E-state index contributed by atoms with van der Waals surface area (Å²) in [5, 5.41) is 14.3. The van der Waals surface area contributed by atoms with Crippen LogP contribution in [0, 0.1) is 0 Å². The molecule has 0 aliphatic carbocycles. The second-order valence-electron chi connectivity index (χ2n) is 11.8. The Morgan fingerprint density at radius 2 is 1.23 bits per heavy atom. The van der Waals surface area contributed by atoms with Crippen LogP contribution in [-0.2, 0) is 25.0 Å². The molecule has 1 atom stereocenters. The van der Waals surface area contributed by atoms with Gasteiger partial charge in [0.05, 0.1) is 10.3 Å². The number of carbonyl (C=O) groups excluding carboxylic acids is 1. The van der Waals surface area contributed by atoms with Gasteiger partial charge < -0.3 is 14.8 Å². The van der Waals surface area contributed by atoms with Crippen molar-refractivity contribution in [3.63, 3.8) is 0 Å². The van der Waals surface area contributed by atoms with E-state index in [2.05, 4.69) is 10.0 Å². The summed E-state index contributed by atoms with van der Waals surface area (Å²) in [6, 6.07) is 40.4. The highest BCUT2D eigenvalue weighted by Gasteiger charge is 2.38. The zero-order chi connectivity index (χ0) is 33.6. The van der Waals surface area contributed by atoms with Gasteiger partial charge in [-0.25, -0.2) is 8.42 Å². The fourth-order valence-corrected chi connectivity index (χ4v) is 7.59. The van der Waals surface area contributed by atoms with Gasteiger partial charge in [-0.15, -0.1) is 0 Å². The molecule has 0 saturated heterocycles. The Hall–Kier alpha value is -5.25. The molecule has 8 nitrogen and oxygen atoms in total. The number of carboxylic acid groups (broad SMARTS) is 1. The van der Waals surface area contributed by atoms with E-state index in [9.17, 15) is 23.1 Å². The standard InChI is InChI=1S/C39H36N2O6S/c42-37(27-39(28-14-4-1-5-15-28,29-16-6-2-7-17-29)30-18-8-3-9-19-30)40-25-13-12-21-34(38(43)44)41-48(45,46)31-23-24-36-33(26-31)32-20-10-11-22-35(32)47-36/h1-11,14-20,22-24,26,34,41H,12-13,21,25,27H2,(H,40,42)(H,43,44). The van der Waals surface area contributed by atoms with Crippen LogP contribution in [0.3, 0.4) is 0 Å². The van der Waals surface area contributed by atoms with Crippen molar-refractivity contribution in [1.82, 2.24) is 10.0 Å². The Kier molecular flexibility index (Phi) is 9.70. The summed E-state index contributed by atoms with van der Waals surface area (Å²) < 4.78 is 34.6. The molecule has 3 N–H and O–H groups in total. The van der Waals surface area contributed by atoms with E-state index in [0.717, 1.165) is 22.1 Å². The Morgan fingerprint density at radius 3 is 1.81 bits per heavy atom. The third kappa shape index (κ3) is 6.88. The highest BCUT2D eigenvalue weighted by atomic mass is 32.2. The lowest BCUT2D eigenvalue weighted by Crippen LogP contribution is -2.40. The summed E-state index contributed by atoms with van der Waals surface area (Å²) in [4.78, 5) is 25.6. The molecule has 6 rings (SSSR count). The summed E-state index contributed by atoms with van der Waals surface area (Å²) in [5.41, 5.74) is 3.43. The normalized spacial score (nSPS) is 12.6. The predicted octanol–water partition coefficient (Wildman–Crippen LogP) is 7.03. The molecule has 0 radical (unpaired) electrons. The van der Waals surface area contributed by atoms with Crippen molar-refractivity contribution < 1.29 is 27.5 Å². The second kappa shape index (κ2) is 14.3. The summed E-state index contributed by atoms with van der Waals surface area (Å²) in [5.74, 6) is -1.42. The number of hydrogen-bond donors (Lipinski definition) is 3. The minimum Gasteiger partial charge on any atom is -0.480 e. The van der Waals surface area contributed by atoms with Crippen molar-refractivity contribution in [2.24, 2.45) is 0 Å². The van der Waals surface area contributed by atoms with Gasteiger partial charge in [0.25, 0.3) is 0 Å². The van der Waals surface area contributed by atoms with Gasteiger partial charge >= 0.3 is 5.97 Å².